The van der Waals surface area contributed by atoms with Crippen molar-refractivity contribution in [3.05, 3.63) is 77.9 Å². The number of nitrogens with zero attached hydrogens (tertiary/aromatic N) is 1. The summed E-state index contributed by atoms with van der Waals surface area (Å²) < 4.78 is 47.5. The summed E-state index contributed by atoms with van der Waals surface area (Å²) in [6.07, 6.45) is -4.12. The highest BCUT2D eigenvalue weighted by Crippen LogP contribution is 2.36. The topological polar surface area (TPSA) is 78.9 Å². The molecule has 0 saturated carbocycles. The van der Waals surface area contributed by atoms with Crippen molar-refractivity contribution in [1.29, 1.82) is 0 Å². The van der Waals surface area contributed by atoms with Gasteiger partial charge in [-0.2, -0.15) is 0 Å². The molecule has 0 bridgehead atoms. The van der Waals surface area contributed by atoms with Gasteiger partial charge < -0.3 is 24.3 Å². The Labute approximate surface area is 219 Å². The first kappa shape index (κ1) is 28.6. The van der Waals surface area contributed by atoms with Crippen molar-refractivity contribution in [2.75, 3.05) is 11.5 Å². The quantitative estimate of drug-likeness (QED) is 0.355. The Morgan fingerprint density at radius 1 is 0.921 bits per heavy atom. The van der Waals surface area contributed by atoms with Gasteiger partial charge in [0.05, 0.1) is 13.2 Å². The zero-order chi connectivity index (χ0) is 28.1. The van der Waals surface area contributed by atoms with Crippen molar-refractivity contribution in [3.8, 4) is 22.6 Å². The van der Waals surface area contributed by atoms with Crippen LogP contribution in [0.25, 0.3) is 11.1 Å². The molecule has 0 aliphatic rings. The van der Waals surface area contributed by atoms with E-state index in [1.165, 1.54) is 24.3 Å². The van der Waals surface area contributed by atoms with Crippen LogP contribution in [-0.4, -0.2) is 24.8 Å². The van der Waals surface area contributed by atoms with Gasteiger partial charge in [-0.3, -0.25) is 4.79 Å². The minimum Gasteiger partial charge on any atom is -0.540 e. The van der Waals surface area contributed by atoms with E-state index in [0.717, 1.165) is 10.5 Å². The molecule has 0 radical (unpaired) electrons. The van der Waals surface area contributed by atoms with Gasteiger partial charge >= 0.3 is 6.36 Å². The molecule has 3 aromatic rings. The molecule has 1 amide bonds. The highest BCUT2D eigenvalue weighted by molar-refractivity contribution is 6.36. The normalized spacial score (nSPS) is 11.7. The second kappa shape index (κ2) is 11.6. The number of hydrogen-bond donors (Lipinski definition) is 0. The zero-order valence-electron chi connectivity index (χ0n) is 21.6. The van der Waals surface area contributed by atoms with Crippen LogP contribution in [0.3, 0.4) is 0 Å². The van der Waals surface area contributed by atoms with Crippen LogP contribution in [0.5, 0.6) is 11.5 Å². The fourth-order valence-corrected chi connectivity index (χ4v) is 3.77. The van der Waals surface area contributed by atoms with E-state index in [1.54, 1.807) is 18.2 Å². The molecule has 0 heterocycles. The number of anilines is 1. The fourth-order valence-electron chi connectivity index (χ4n) is 3.77. The molecule has 0 aromatic heterocycles. The third kappa shape index (κ3) is 7.50. The maximum atomic E-state index is 12.7. The van der Waals surface area contributed by atoms with Crippen LogP contribution in [-0.2, 0) is 21.5 Å². The Morgan fingerprint density at radius 3 is 2.08 bits per heavy atom. The Hall–Kier alpha value is -4.01. The molecule has 0 unspecified atom stereocenters. The molecule has 0 N–H and O–H groups in total. The minimum absolute atomic E-state index is 0.0375. The summed E-state index contributed by atoms with van der Waals surface area (Å²) in [5.74, 6) is -3.05. The smallest absolute Gasteiger partial charge is 0.540 e. The number of carboxylic acid groups (broad SMARTS) is 1. The number of ether oxygens (including phenoxy) is 2. The predicted octanol–water partition coefficient (Wildman–Crippen LogP) is 5.62. The summed E-state index contributed by atoms with van der Waals surface area (Å²) in [5, 5.41) is 11.6. The highest BCUT2D eigenvalue weighted by Gasteiger charge is 2.31. The maximum Gasteiger partial charge on any atom is 0.573 e. The summed E-state index contributed by atoms with van der Waals surface area (Å²) in [5.41, 5.74) is 2.92. The molecule has 3 rings (SSSR count). The van der Waals surface area contributed by atoms with E-state index >= 15 is 0 Å². The molecular formula is C29H29F3NO5-. The predicted molar refractivity (Wildman–Crippen MR) is 136 cm³/mol. The monoisotopic (exact) mass is 528 g/mol. The molecular weight excluding hydrogens is 499 g/mol. The molecule has 0 fully saturated rings. The number of amides is 1. The third-order valence-electron chi connectivity index (χ3n) is 5.72. The van der Waals surface area contributed by atoms with Crippen LogP contribution in [0.1, 0.15) is 45.2 Å². The van der Waals surface area contributed by atoms with E-state index in [2.05, 4.69) is 25.5 Å². The second-order valence-electron chi connectivity index (χ2n) is 9.73. The average Bonchev–Trinajstić information content (AvgIpc) is 2.85. The molecule has 3 aromatic carbocycles. The SMILES string of the molecule is CCCOc1ccc(N(Cc2ccc(C(C)(C)C)cc2)C(=O)C(=O)[O-])cc1-c1ccc(OC(F)(F)F)cc1. The first-order valence-corrected chi connectivity index (χ1v) is 12.0. The van der Waals surface area contributed by atoms with E-state index in [9.17, 15) is 27.9 Å². The summed E-state index contributed by atoms with van der Waals surface area (Å²) >= 11 is 0. The molecule has 0 spiro atoms. The molecule has 0 atom stereocenters. The molecule has 0 aliphatic carbocycles. The van der Waals surface area contributed by atoms with Crippen molar-refractivity contribution in [2.45, 2.75) is 52.4 Å². The van der Waals surface area contributed by atoms with E-state index < -0.39 is 18.2 Å². The lowest BCUT2D eigenvalue weighted by Crippen LogP contribution is -2.44. The van der Waals surface area contributed by atoms with Crippen molar-refractivity contribution < 1.29 is 37.3 Å². The van der Waals surface area contributed by atoms with E-state index in [4.69, 9.17) is 4.74 Å². The largest absolute Gasteiger partial charge is 0.573 e. The van der Waals surface area contributed by atoms with Gasteiger partial charge in [-0.1, -0.05) is 64.1 Å². The molecule has 202 valence electrons. The van der Waals surface area contributed by atoms with Gasteiger partial charge in [-0.25, -0.2) is 0 Å². The number of carboxylic acids is 1. The first-order valence-electron chi connectivity index (χ1n) is 12.0. The van der Waals surface area contributed by atoms with Gasteiger partial charge in [-0.15, -0.1) is 13.2 Å². The number of aliphatic carboxylic acids is 1. The molecule has 9 heteroatoms. The first-order chi connectivity index (χ1) is 17.8. The van der Waals surface area contributed by atoms with Gasteiger partial charge in [0.2, 0.25) is 0 Å². The number of halogens is 3. The van der Waals surface area contributed by atoms with Crippen molar-refractivity contribution >= 4 is 17.6 Å². The fraction of sp³-hybridized carbons (Fsp3) is 0.310. The number of carbonyl (C=O) groups is 2. The lowest BCUT2D eigenvalue weighted by atomic mass is 9.87. The van der Waals surface area contributed by atoms with Gasteiger partial charge in [-0.05, 0) is 58.9 Å². The maximum absolute atomic E-state index is 12.7. The second-order valence-corrected chi connectivity index (χ2v) is 9.73. The lowest BCUT2D eigenvalue weighted by molar-refractivity contribution is -0.300. The number of hydrogen-bond acceptors (Lipinski definition) is 5. The van der Waals surface area contributed by atoms with Crippen LogP contribution in [0.2, 0.25) is 0 Å². The Morgan fingerprint density at radius 2 is 1.55 bits per heavy atom. The number of benzene rings is 3. The van der Waals surface area contributed by atoms with Gasteiger partial charge in [0.1, 0.15) is 17.5 Å². The number of alkyl halides is 3. The van der Waals surface area contributed by atoms with Gasteiger partial charge in [0.15, 0.2) is 0 Å². The van der Waals surface area contributed by atoms with Crippen LogP contribution in [0.4, 0.5) is 18.9 Å². The third-order valence-corrected chi connectivity index (χ3v) is 5.72. The minimum atomic E-state index is -4.83. The summed E-state index contributed by atoms with van der Waals surface area (Å²) in [6.45, 7) is 8.47. The molecule has 0 aliphatic heterocycles. The summed E-state index contributed by atoms with van der Waals surface area (Å²) in [4.78, 5) is 25.3. The van der Waals surface area contributed by atoms with Crippen LogP contribution in [0.15, 0.2) is 66.7 Å². The van der Waals surface area contributed by atoms with E-state index in [-0.39, 0.29) is 23.4 Å². The summed E-state index contributed by atoms with van der Waals surface area (Å²) in [6, 6.07) is 17.4. The Balaban J connectivity index is 2.02. The number of rotatable bonds is 8. The van der Waals surface area contributed by atoms with Crippen LogP contribution >= 0.6 is 0 Å². The molecule has 38 heavy (non-hydrogen) atoms. The van der Waals surface area contributed by atoms with Gasteiger partial charge in [0.25, 0.3) is 5.91 Å². The summed E-state index contributed by atoms with van der Waals surface area (Å²) in [7, 11) is 0. The van der Waals surface area contributed by atoms with E-state index in [1.807, 2.05) is 31.2 Å². The Bertz CT molecular complexity index is 1260. The molecule has 6 nitrogen and oxygen atoms in total. The zero-order valence-corrected chi connectivity index (χ0v) is 21.6. The van der Waals surface area contributed by atoms with E-state index in [0.29, 0.717) is 35.5 Å². The highest BCUT2D eigenvalue weighted by atomic mass is 19.4. The van der Waals surface area contributed by atoms with Crippen LogP contribution < -0.4 is 19.5 Å². The van der Waals surface area contributed by atoms with Crippen LogP contribution in [0, 0.1) is 0 Å². The lowest BCUT2D eigenvalue weighted by Gasteiger charge is -2.25. The van der Waals surface area contributed by atoms with Crippen molar-refractivity contribution in [2.24, 2.45) is 0 Å². The molecule has 0 saturated heterocycles. The van der Waals surface area contributed by atoms with Crippen molar-refractivity contribution in [1.82, 2.24) is 0 Å². The van der Waals surface area contributed by atoms with Gasteiger partial charge in [0, 0.05) is 11.3 Å². The Kier molecular flexibility index (Phi) is 8.70. The van der Waals surface area contributed by atoms with Crippen molar-refractivity contribution in [3.63, 3.8) is 0 Å². The standard InChI is InChI=1S/C29H30F3NO5/c1-5-16-37-25-15-12-22(17-24(25)20-8-13-23(14-9-20)38-29(30,31)32)33(26(34)27(35)36)18-19-6-10-21(11-7-19)28(2,3)4/h6-15,17H,5,16,18H2,1-4H3,(H,35,36)/p-1. The average molecular weight is 529 g/mol. The number of carbonyl (C=O) groups excluding carboxylic acids is 2.